The third-order valence-corrected chi connectivity index (χ3v) is 5.64. The molecule has 0 aromatic heterocycles. The summed E-state index contributed by atoms with van der Waals surface area (Å²) in [6, 6.07) is 4.69. The molecule has 0 heterocycles. The molecule has 2 atom stereocenters. The third-order valence-electron chi connectivity index (χ3n) is 5.64. The molecule has 0 aliphatic carbocycles. The Morgan fingerprint density at radius 2 is 1.41 bits per heavy atom. The molecular weight excluding hydrogens is 502 g/mol. The average Bonchev–Trinajstić information content (AvgIpc) is 2.76. The van der Waals surface area contributed by atoms with Crippen LogP contribution in [0.3, 0.4) is 0 Å². The normalized spacial score (nSPS) is 14.1. The van der Waals surface area contributed by atoms with Crippen LogP contribution in [0.5, 0.6) is 11.5 Å². The number of nitrogens with two attached hydrogens (primary N) is 1. The molecule has 39 heavy (non-hydrogen) atoms. The van der Waals surface area contributed by atoms with Gasteiger partial charge in [-0.05, 0) is 41.9 Å². The number of benzene rings is 1. The van der Waals surface area contributed by atoms with E-state index in [4.69, 9.17) is 24.7 Å². The first-order chi connectivity index (χ1) is 17.9. The molecule has 0 bridgehead atoms. The SMILES string of the molecule is CCCCC(=O)O[C@@H](C)CC(N)(Cc1ccc(OC(=O)CC(C)(C)C)c(OC(=O)CC(C)(C)C)c1)C(=O)OC. The van der Waals surface area contributed by atoms with Crippen molar-refractivity contribution in [3.63, 3.8) is 0 Å². The monoisotopic (exact) mass is 549 g/mol. The van der Waals surface area contributed by atoms with Crippen molar-refractivity contribution in [1.29, 1.82) is 0 Å². The lowest BCUT2D eigenvalue weighted by Gasteiger charge is -2.29. The second-order valence-electron chi connectivity index (χ2n) is 12.6. The van der Waals surface area contributed by atoms with Crippen LogP contribution in [0.25, 0.3) is 0 Å². The van der Waals surface area contributed by atoms with Gasteiger partial charge in [-0.15, -0.1) is 0 Å². The highest BCUT2D eigenvalue weighted by Gasteiger charge is 2.38. The van der Waals surface area contributed by atoms with Gasteiger partial charge in [-0.25, -0.2) is 0 Å². The average molecular weight is 550 g/mol. The molecule has 0 spiro atoms. The summed E-state index contributed by atoms with van der Waals surface area (Å²) in [5.74, 6) is -1.85. The van der Waals surface area contributed by atoms with Crippen molar-refractivity contribution in [2.24, 2.45) is 16.6 Å². The summed E-state index contributed by atoms with van der Waals surface area (Å²) in [5.41, 5.74) is 4.92. The Hall–Kier alpha value is -2.94. The first-order valence-corrected chi connectivity index (χ1v) is 13.5. The van der Waals surface area contributed by atoms with Crippen LogP contribution in [-0.4, -0.2) is 42.6 Å². The number of carbonyl (C=O) groups is 4. The van der Waals surface area contributed by atoms with Gasteiger partial charge in [0.15, 0.2) is 11.5 Å². The van der Waals surface area contributed by atoms with Crippen molar-refractivity contribution in [1.82, 2.24) is 0 Å². The van der Waals surface area contributed by atoms with Crippen molar-refractivity contribution >= 4 is 23.9 Å². The number of esters is 4. The molecular formula is C30H47NO8. The second kappa shape index (κ2) is 14.4. The van der Waals surface area contributed by atoms with Gasteiger partial charge in [-0.1, -0.05) is 61.0 Å². The zero-order chi connectivity index (χ0) is 30.0. The number of unbranched alkanes of at least 4 members (excludes halogenated alkanes) is 1. The van der Waals surface area contributed by atoms with Crippen LogP contribution in [0.2, 0.25) is 0 Å². The number of carbonyl (C=O) groups excluding carboxylic acids is 4. The van der Waals surface area contributed by atoms with Crippen molar-refractivity contribution in [2.75, 3.05) is 7.11 Å². The van der Waals surface area contributed by atoms with E-state index in [1.54, 1.807) is 13.0 Å². The van der Waals surface area contributed by atoms with E-state index in [0.29, 0.717) is 12.0 Å². The molecule has 2 N–H and O–H groups in total. The summed E-state index contributed by atoms with van der Waals surface area (Å²) in [7, 11) is 1.24. The first kappa shape index (κ1) is 34.1. The lowest BCUT2D eigenvalue weighted by atomic mass is 9.86. The maximum absolute atomic E-state index is 12.8. The predicted octanol–water partition coefficient (Wildman–Crippen LogP) is 5.29. The fourth-order valence-electron chi connectivity index (χ4n) is 3.96. The lowest BCUT2D eigenvalue weighted by molar-refractivity contribution is -0.155. The minimum absolute atomic E-state index is 0.00341. The van der Waals surface area contributed by atoms with E-state index in [9.17, 15) is 19.2 Å². The quantitative estimate of drug-likeness (QED) is 0.257. The van der Waals surface area contributed by atoms with Crippen LogP contribution < -0.4 is 15.2 Å². The van der Waals surface area contributed by atoms with Crippen molar-refractivity contribution in [2.45, 2.75) is 112 Å². The Labute approximate surface area is 233 Å². The van der Waals surface area contributed by atoms with E-state index >= 15 is 0 Å². The van der Waals surface area contributed by atoms with Gasteiger partial charge in [-0.3, -0.25) is 19.2 Å². The minimum Gasteiger partial charge on any atom is -0.468 e. The predicted molar refractivity (Wildman–Crippen MR) is 148 cm³/mol. The van der Waals surface area contributed by atoms with E-state index in [1.165, 1.54) is 19.2 Å². The van der Waals surface area contributed by atoms with Gasteiger partial charge in [0.2, 0.25) is 0 Å². The fourth-order valence-corrected chi connectivity index (χ4v) is 3.96. The summed E-state index contributed by atoms with van der Waals surface area (Å²) < 4.78 is 21.6. The highest BCUT2D eigenvalue weighted by molar-refractivity contribution is 5.81. The molecule has 220 valence electrons. The van der Waals surface area contributed by atoms with Crippen LogP contribution in [0.15, 0.2) is 18.2 Å². The largest absolute Gasteiger partial charge is 0.468 e. The standard InChI is InChI=1S/C30H47NO8/c1-10-11-12-24(32)37-20(2)16-30(31,27(35)36-9)17-21-13-14-22(38-25(33)18-28(3,4)5)23(15-21)39-26(34)19-29(6,7)8/h13-15,20H,10-12,16-19,31H2,1-9H3/t20-,30?/m0/s1. The number of methoxy groups -OCH3 is 1. The van der Waals surface area contributed by atoms with E-state index < -0.39 is 29.6 Å². The van der Waals surface area contributed by atoms with Crippen molar-refractivity contribution in [3.8, 4) is 11.5 Å². The molecule has 0 aliphatic heterocycles. The Morgan fingerprint density at radius 3 is 1.90 bits per heavy atom. The molecule has 1 aromatic rings. The van der Waals surface area contributed by atoms with E-state index in [-0.39, 0.29) is 60.4 Å². The molecule has 0 saturated carbocycles. The Bertz CT molecular complexity index is 1010. The van der Waals surface area contributed by atoms with Gasteiger partial charge in [0.25, 0.3) is 0 Å². The summed E-state index contributed by atoms with van der Waals surface area (Å²) in [6.07, 6.45) is 1.52. The lowest BCUT2D eigenvalue weighted by Crippen LogP contribution is -2.53. The number of rotatable bonds is 13. The third kappa shape index (κ3) is 13.1. The molecule has 9 nitrogen and oxygen atoms in total. The molecule has 1 unspecified atom stereocenters. The van der Waals surface area contributed by atoms with Crippen molar-refractivity contribution < 1.29 is 38.1 Å². The maximum Gasteiger partial charge on any atom is 0.326 e. The van der Waals surface area contributed by atoms with Gasteiger partial charge in [-0.2, -0.15) is 0 Å². The smallest absolute Gasteiger partial charge is 0.326 e. The second-order valence-corrected chi connectivity index (χ2v) is 12.6. The number of hydrogen-bond donors (Lipinski definition) is 1. The number of hydrogen-bond acceptors (Lipinski definition) is 9. The Balaban J connectivity index is 3.28. The topological polar surface area (TPSA) is 131 Å². The molecule has 0 saturated heterocycles. The van der Waals surface area contributed by atoms with Crippen molar-refractivity contribution in [3.05, 3.63) is 23.8 Å². The highest BCUT2D eigenvalue weighted by atomic mass is 16.6. The van der Waals surface area contributed by atoms with Gasteiger partial charge >= 0.3 is 23.9 Å². The van der Waals surface area contributed by atoms with Crippen LogP contribution >= 0.6 is 0 Å². The summed E-state index contributed by atoms with van der Waals surface area (Å²) >= 11 is 0. The van der Waals surface area contributed by atoms with E-state index in [0.717, 1.165) is 6.42 Å². The molecule has 0 aliphatic rings. The summed E-state index contributed by atoms with van der Waals surface area (Å²) in [4.78, 5) is 50.0. The summed E-state index contributed by atoms with van der Waals surface area (Å²) in [6.45, 7) is 15.1. The van der Waals surface area contributed by atoms with Crippen LogP contribution in [0.4, 0.5) is 0 Å². The molecule has 0 radical (unpaired) electrons. The van der Waals surface area contributed by atoms with Crippen LogP contribution in [0.1, 0.15) is 99.5 Å². The van der Waals surface area contributed by atoms with E-state index in [2.05, 4.69) is 0 Å². The Morgan fingerprint density at radius 1 is 0.872 bits per heavy atom. The summed E-state index contributed by atoms with van der Waals surface area (Å²) in [5, 5.41) is 0. The molecule has 0 amide bonds. The molecule has 1 rings (SSSR count). The molecule has 9 heteroatoms. The van der Waals surface area contributed by atoms with Crippen LogP contribution in [0, 0.1) is 10.8 Å². The van der Waals surface area contributed by atoms with Crippen LogP contribution in [-0.2, 0) is 35.1 Å². The zero-order valence-corrected chi connectivity index (χ0v) is 25.1. The van der Waals surface area contributed by atoms with Gasteiger partial charge < -0.3 is 24.7 Å². The van der Waals surface area contributed by atoms with Gasteiger partial charge in [0.1, 0.15) is 11.6 Å². The molecule has 1 aromatic carbocycles. The fraction of sp³-hybridized carbons (Fsp3) is 0.667. The molecule has 0 fully saturated rings. The number of ether oxygens (including phenoxy) is 4. The van der Waals surface area contributed by atoms with Gasteiger partial charge in [0, 0.05) is 19.3 Å². The maximum atomic E-state index is 12.8. The first-order valence-electron chi connectivity index (χ1n) is 13.5. The van der Waals surface area contributed by atoms with E-state index in [1.807, 2.05) is 48.5 Å². The minimum atomic E-state index is -1.53. The zero-order valence-electron chi connectivity index (χ0n) is 25.1. The van der Waals surface area contributed by atoms with Gasteiger partial charge in [0.05, 0.1) is 20.0 Å². The Kier molecular flexibility index (Phi) is 12.6. The highest BCUT2D eigenvalue weighted by Crippen LogP contribution is 2.33.